The van der Waals surface area contributed by atoms with Crippen molar-refractivity contribution in [3.8, 4) is 0 Å². The molecule has 1 unspecified atom stereocenters. The first-order valence-corrected chi connectivity index (χ1v) is 6.20. The van der Waals surface area contributed by atoms with E-state index in [-0.39, 0.29) is 11.9 Å². The molecule has 0 bridgehead atoms. The largest absolute Gasteiger partial charge is 0.422 e. The van der Waals surface area contributed by atoms with Crippen molar-refractivity contribution in [3.05, 3.63) is 12.2 Å². The van der Waals surface area contributed by atoms with Gasteiger partial charge in [-0.2, -0.15) is 0 Å². The van der Waals surface area contributed by atoms with Gasteiger partial charge in [0.05, 0.1) is 6.04 Å². The predicted molar refractivity (Wildman–Crippen MR) is 64.7 cm³/mol. The van der Waals surface area contributed by atoms with Crippen molar-refractivity contribution in [1.82, 2.24) is 4.90 Å². The summed E-state index contributed by atoms with van der Waals surface area (Å²) in [6.45, 7) is 3.01. The van der Waals surface area contributed by atoms with E-state index in [9.17, 15) is 14.4 Å². The third-order valence-corrected chi connectivity index (χ3v) is 3.27. The summed E-state index contributed by atoms with van der Waals surface area (Å²) in [5.41, 5.74) is 0. The second-order valence-corrected chi connectivity index (χ2v) is 5.22. The minimum atomic E-state index is -1.21. The van der Waals surface area contributed by atoms with Crippen LogP contribution >= 0.6 is 0 Å². The van der Waals surface area contributed by atoms with Gasteiger partial charge in [0.25, 0.3) is 5.79 Å². The van der Waals surface area contributed by atoms with E-state index in [0.29, 0.717) is 12.8 Å². The highest BCUT2D eigenvalue weighted by atomic mass is 16.7. The van der Waals surface area contributed by atoms with Gasteiger partial charge in [-0.3, -0.25) is 14.4 Å². The number of esters is 2. The maximum atomic E-state index is 11.7. The van der Waals surface area contributed by atoms with Gasteiger partial charge in [-0.25, -0.2) is 0 Å². The van der Waals surface area contributed by atoms with Crippen molar-refractivity contribution in [3.63, 3.8) is 0 Å². The lowest BCUT2D eigenvalue weighted by atomic mass is 10.1. The Morgan fingerprint density at radius 1 is 1.16 bits per heavy atom. The molecule has 0 aromatic heterocycles. The van der Waals surface area contributed by atoms with E-state index < -0.39 is 23.6 Å². The van der Waals surface area contributed by atoms with Gasteiger partial charge in [0.2, 0.25) is 5.91 Å². The number of hydrogen-bond acceptors (Lipinski definition) is 5. The summed E-state index contributed by atoms with van der Waals surface area (Å²) in [7, 11) is 1.70. The zero-order valence-electron chi connectivity index (χ0n) is 11.2. The van der Waals surface area contributed by atoms with Gasteiger partial charge in [-0.15, -0.1) is 0 Å². The molecule has 0 spiro atoms. The monoisotopic (exact) mass is 267 g/mol. The number of carbonyl (C=O) groups excluding carboxylic acids is 3. The lowest BCUT2D eigenvalue weighted by molar-refractivity contribution is -0.237. The molecule has 2 fully saturated rings. The van der Waals surface area contributed by atoms with Crippen LogP contribution in [0.2, 0.25) is 0 Å². The normalized spacial score (nSPS) is 27.8. The average Bonchev–Trinajstić information content (AvgIpc) is 2.58. The molecule has 0 aliphatic carbocycles. The Morgan fingerprint density at radius 2 is 1.74 bits per heavy atom. The van der Waals surface area contributed by atoms with E-state index in [1.165, 1.54) is 19.9 Å². The first-order valence-electron chi connectivity index (χ1n) is 6.20. The van der Waals surface area contributed by atoms with Crippen molar-refractivity contribution in [2.24, 2.45) is 5.92 Å². The summed E-state index contributed by atoms with van der Waals surface area (Å²) in [6, 6.07) is -0.0805. The quantitative estimate of drug-likeness (QED) is 0.416. The van der Waals surface area contributed by atoms with E-state index in [0.717, 1.165) is 0 Å². The molecular weight excluding hydrogens is 250 g/mol. The maximum Gasteiger partial charge on any atom is 0.327 e. The van der Waals surface area contributed by atoms with E-state index in [2.05, 4.69) is 0 Å². The number of hydrogen-bond donors (Lipinski definition) is 0. The van der Waals surface area contributed by atoms with Crippen LogP contribution in [0.5, 0.6) is 0 Å². The van der Waals surface area contributed by atoms with Crippen LogP contribution < -0.4 is 0 Å². The smallest absolute Gasteiger partial charge is 0.327 e. The highest BCUT2D eigenvalue weighted by molar-refractivity contribution is 5.98. The molecule has 0 aromatic rings. The molecule has 6 nitrogen and oxygen atoms in total. The van der Waals surface area contributed by atoms with Gasteiger partial charge in [0.15, 0.2) is 5.92 Å². The van der Waals surface area contributed by atoms with Crippen molar-refractivity contribution in [1.29, 1.82) is 0 Å². The predicted octanol–water partition coefficient (Wildman–Crippen LogP) is 0.616. The summed E-state index contributed by atoms with van der Waals surface area (Å²) < 4.78 is 10.0. The first kappa shape index (κ1) is 13.6. The van der Waals surface area contributed by atoms with Gasteiger partial charge in [0, 0.05) is 27.3 Å². The second-order valence-electron chi connectivity index (χ2n) is 5.22. The molecule has 0 saturated carbocycles. The zero-order chi connectivity index (χ0) is 14.2. The standard InChI is InChI=1S/C13H17NO5/c1-13(2)18-11(16)9(12(17)19-13)6-4-8-5-7-10(15)14(8)3/h4,6,8-9H,5,7H2,1-3H3/b6-4-. The van der Waals surface area contributed by atoms with Crippen LogP contribution in [0.4, 0.5) is 0 Å². The van der Waals surface area contributed by atoms with Crippen LogP contribution in [0.3, 0.4) is 0 Å². The number of likely N-dealkylation sites (N-methyl/N-ethyl adjacent to an activating group) is 1. The lowest BCUT2D eigenvalue weighted by Crippen LogP contribution is -2.45. The summed E-state index contributed by atoms with van der Waals surface area (Å²) in [6.07, 6.45) is 4.32. The minimum absolute atomic E-state index is 0.0598. The fourth-order valence-electron chi connectivity index (χ4n) is 2.18. The summed E-state index contributed by atoms with van der Waals surface area (Å²) >= 11 is 0. The Morgan fingerprint density at radius 3 is 2.21 bits per heavy atom. The molecule has 1 amide bonds. The third kappa shape index (κ3) is 2.77. The van der Waals surface area contributed by atoms with E-state index in [1.807, 2.05) is 0 Å². The molecule has 2 aliphatic heterocycles. The topological polar surface area (TPSA) is 72.9 Å². The van der Waals surface area contributed by atoms with Gasteiger partial charge in [-0.1, -0.05) is 12.2 Å². The molecule has 104 valence electrons. The molecule has 2 saturated heterocycles. The number of nitrogens with zero attached hydrogens (tertiary/aromatic N) is 1. The fraction of sp³-hybridized carbons (Fsp3) is 0.615. The summed E-state index contributed by atoms with van der Waals surface area (Å²) in [4.78, 5) is 36.4. The average molecular weight is 267 g/mol. The van der Waals surface area contributed by atoms with Gasteiger partial charge < -0.3 is 14.4 Å². The van der Waals surface area contributed by atoms with Crippen molar-refractivity contribution in [2.75, 3.05) is 7.05 Å². The van der Waals surface area contributed by atoms with Crippen LogP contribution in [0.15, 0.2) is 12.2 Å². The van der Waals surface area contributed by atoms with Crippen molar-refractivity contribution in [2.45, 2.75) is 38.5 Å². The molecule has 2 rings (SSSR count). The van der Waals surface area contributed by atoms with Gasteiger partial charge >= 0.3 is 11.9 Å². The Kier molecular flexibility index (Phi) is 3.34. The summed E-state index contributed by atoms with van der Waals surface area (Å²) in [5.74, 6) is -3.44. The van der Waals surface area contributed by atoms with E-state index >= 15 is 0 Å². The number of amides is 1. The molecule has 2 aliphatic rings. The first-order chi connectivity index (χ1) is 8.80. The van der Waals surface area contributed by atoms with Crippen molar-refractivity contribution >= 4 is 17.8 Å². The highest BCUT2D eigenvalue weighted by Gasteiger charge is 2.42. The van der Waals surface area contributed by atoms with Crippen LogP contribution in [0.1, 0.15) is 26.7 Å². The second kappa shape index (κ2) is 4.68. The van der Waals surface area contributed by atoms with Crippen LogP contribution in [0.25, 0.3) is 0 Å². The Hall–Kier alpha value is -1.85. The Bertz CT molecular complexity index is 434. The number of rotatable bonds is 2. The number of ether oxygens (including phenoxy) is 2. The molecule has 19 heavy (non-hydrogen) atoms. The van der Waals surface area contributed by atoms with Crippen molar-refractivity contribution < 1.29 is 23.9 Å². The SMILES string of the molecule is CN1C(=O)CCC1/C=C\C1C(=O)OC(C)(C)OC1=O. The molecule has 0 aromatic carbocycles. The molecular formula is C13H17NO5. The Labute approximate surface area is 111 Å². The third-order valence-electron chi connectivity index (χ3n) is 3.27. The van der Waals surface area contributed by atoms with Gasteiger partial charge in [0.1, 0.15) is 0 Å². The molecule has 6 heteroatoms. The van der Waals surface area contributed by atoms with Crippen LogP contribution in [0, 0.1) is 5.92 Å². The van der Waals surface area contributed by atoms with Crippen LogP contribution in [-0.2, 0) is 23.9 Å². The summed E-state index contributed by atoms with van der Waals surface area (Å²) in [5, 5.41) is 0. The molecule has 0 N–H and O–H groups in total. The highest BCUT2D eigenvalue weighted by Crippen LogP contribution is 2.25. The van der Waals surface area contributed by atoms with E-state index in [1.54, 1.807) is 18.0 Å². The number of carbonyl (C=O) groups is 3. The van der Waals surface area contributed by atoms with Crippen LogP contribution in [-0.4, -0.2) is 41.6 Å². The Balaban J connectivity index is 2.05. The number of likely N-dealkylation sites (tertiary alicyclic amines) is 1. The minimum Gasteiger partial charge on any atom is -0.422 e. The zero-order valence-corrected chi connectivity index (χ0v) is 11.2. The maximum absolute atomic E-state index is 11.7. The molecule has 1 atom stereocenters. The molecule has 0 radical (unpaired) electrons. The lowest BCUT2D eigenvalue weighted by Gasteiger charge is -2.32. The van der Waals surface area contributed by atoms with Gasteiger partial charge in [-0.05, 0) is 6.42 Å². The molecule has 2 heterocycles. The number of cyclic esters (lactones) is 2. The fourth-order valence-corrected chi connectivity index (χ4v) is 2.18. The van der Waals surface area contributed by atoms with E-state index in [4.69, 9.17) is 9.47 Å².